The lowest BCUT2D eigenvalue weighted by Crippen LogP contribution is -2.42. The van der Waals surface area contributed by atoms with Gasteiger partial charge in [-0.15, -0.1) is 0 Å². The highest BCUT2D eigenvalue weighted by molar-refractivity contribution is 5.98. The van der Waals surface area contributed by atoms with E-state index in [2.05, 4.69) is 0 Å². The lowest BCUT2D eigenvalue weighted by atomic mass is 9.88. The molecule has 1 aliphatic heterocycles. The zero-order chi connectivity index (χ0) is 21.8. The van der Waals surface area contributed by atoms with Gasteiger partial charge in [0.2, 0.25) is 5.91 Å². The number of nitrogens with zero attached hydrogens (tertiary/aromatic N) is 1. The molecule has 4 nitrogen and oxygen atoms in total. The first-order chi connectivity index (χ1) is 14.2. The van der Waals surface area contributed by atoms with Crippen molar-refractivity contribution >= 4 is 11.7 Å². The summed E-state index contributed by atoms with van der Waals surface area (Å²) in [6.07, 6.45) is 0.785. The quantitative estimate of drug-likeness (QED) is 0.439. The van der Waals surface area contributed by atoms with E-state index in [9.17, 15) is 27.2 Å². The minimum Gasteiger partial charge on any atom is -0.343 e. The molecule has 160 valence electrons. The third-order valence-corrected chi connectivity index (χ3v) is 5.36. The maximum atomic E-state index is 13.8. The van der Waals surface area contributed by atoms with E-state index in [-0.39, 0.29) is 36.0 Å². The molecule has 2 N–H and O–H groups in total. The molecule has 0 bridgehead atoms. The number of likely N-dealkylation sites (tertiary alicyclic amines) is 1. The number of halogens is 4. The van der Waals surface area contributed by atoms with Crippen LogP contribution < -0.4 is 5.73 Å². The summed E-state index contributed by atoms with van der Waals surface area (Å²) in [6, 6.07) is 5.84. The Morgan fingerprint density at radius 2 is 1.57 bits per heavy atom. The molecule has 1 heterocycles. The van der Waals surface area contributed by atoms with Crippen molar-refractivity contribution in [1.29, 1.82) is 0 Å². The number of piperidine rings is 1. The van der Waals surface area contributed by atoms with Gasteiger partial charge in [-0.1, -0.05) is 0 Å². The van der Waals surface area contributed by atoms with Crippen LogP contribution in [0.3, 0.4) is 0 Å². The predicted octanol–water partition coefficient (Wildman–Crippen LogP) is 3.62. The summed E-state index contributed by atoms with van der Waals surface area (Å²) >= 11 is 0. The zero-order valence-electron chi connectivity index (χ0n) is 16.2. The number of hydrogen-bond donors (Lipinski definition) is 1. The lowest BCUT2D eigenvalue weighted by molar-refractivity contribution is -0.132. The fraction of sp³-hybridized carbons (Fsp3) is 0.364. The van der Waals surface area contributed by atoms with E-state index < -0.39 is 29.3 Å². The molecule has 0 spiro atoms. The summed E-state index contributed by atoms with van der Waals surface area (Å²) in [5.74, 6) is -4.32. The highest BCUT2D eigenvalue weighted by Gasteiger charge is 2.28. The first-order valence-electron chi connectivity index (χ1n) is 9.71. The van der Waals surface area contributed by atoms with Crippen molar-refractivity contribution in [1.82, 2.24) is 4.90 Å². The molecular weight excluding hydrogens is 400 g/mol. The van der Waals surface area contributed by atoms with E-state index in [0.717, 1.165) is 6.07 Å². The van der Waals surface area contributed by atoms with Gasteiger partial charge in [0.25, 0.3) is 0 Å². The maximum Gasteiger partial charge on any atom is 0.224 e. The SMILES string of the molecule is N[C@@H](CC(=O)N1CCC(C(=O)c2ccc(F)cc2)CC1)Cc1cc(F)c(F)cc1F. The number of ketones is 1. The van der Waals surface area contributed by atoms with Gasteiger partial charge in [0.1, 0.15) is 11.6 Å². The molecular formula is C22H22F4N2O2. The smallest absolute Gasteiger partial charge is 0.224 e. The van der Waals surface area contributed by atoms with Crippen LogP contribution in [0.15, 0.2) is 36.4 Å². The van der Waals surface area contributed by atoms with Crippen LogP contribution in [0, 0.1) is 29.2 Å². The van der Waals surface area contributed by atoms with Gasteiger partial charge in [-0.25, -0.2) is 17.6 Å². The van der Waals surface area contributed by atoms with Gasteiger partial charge in [-0.3, -0.25) is 9.59 Å². The second kappa shape index (κ2) is 9.38. The number of nitrogens with two attached hydrogens (primary N) is 1. The zero-order valence-corrected chi connectivity index (χ0v) is 16.2. The van der Waals surface area contributed by atoms with Gasteiger partial charge >= 0.3 is 0 Å². The molecule has 1 amide bonds. The fourth-order valence-electron chi connectivity index (χ4n) is 3.67. The van der Waals surface area contributed by atoms with E-state index in [1.807, 2.05) is 0 Å². The number of amides is 1. The molecule has 0 radical (unpaired) electrons. The fourth-order valence-corrected chi connectivity index (χ4v) is 3.67. The van der Waals surface area contributed by atoms with Gasteiger partial charge in [0.05, 0.1) is 0 Å². The summed E-state index contributed by atoms with van der Waals surface area (Å²) in [5.41, 5.74) is 6.28. The normalized spacial score (nSPS) is 15.8. The molecule has 30 heavy (non-hydrogen) atoms. The van der Waals surface area contributed by atoms with Crippen molar-refractivity contribution in [2.45, 2.75) is 31.7 Å². The van der Waals surface area contributed by atoms with E-state index in [1.165, 1.54) is 24.3 Å². The van der Waals surface area contributed by atoms with Crippen LogP contribution in [0.2, 0.25) is 0 Å². The average molecular weight is 422 g/mol. The minimum absolute atomic E-state index is 0.0744. The Balaban J connectivity index is 1.51. The number of Topliss-reactive ketones (excluding diaryl/α,β-unsaturated/α-hetero) is 1. The summed E-state index contributed by atoms with van der Waals surface area (Å²) in [5, 5.41) is 0. The summed E-state index contributed by atoms with van der Waals surface area (Å²) < 4.78 is 53.1. The molecule has 3 rings (SSSR count). The Morgan fingerprint density at radius 3 is 2.20 bits per heavy atom. The Labute approximate surface area is 171 Å². The maximum absolute atomic E-state index is 13.8. The number of rotatable bonds is 6. The van der Waals surface area contributed by atoms with Crippen molar-refractivity contribution < 1.29 is 27.2 Å². The second-order valence-corrected chi connectivity index (χ2v) is 7.55. The summed E-state index contributed by atoms with van der Waals surface area (Å²) in [7, 11) is 0. The first-order valence-corrected chi connectivity index (χ1v) is 9.71. The Hall–Kier alpha value is -2.74. The average Bonchev–Trinajstić information content (AvgIpc) is 2.72. The number of carbonyl (C=O) groups excluding carboxylic acids is 2. The monoisotopic (exact) mass is 422 g/mol. The number of benzene rings is 2. The molecule has 1 fully saturated rings. The number of carbonyl (C=O) groups is 2. The highest BCUT2D eigenvalue weighted by atomic mass is 19.2. The van der Waals surface area contributed by atoms with Gasteiger partial charge in [0.15, 0.2) is 17.4 Å². The van der Waals surface area contributed by atoms with Crippen LogP contribution >= 0.6 is 0 Å². The second-order valence-electron chi connectivity index (χ2n) is 7.55. The predicted molar refractivity (Wildman–Crippen MR) is 103 cm³/mol. The van der Waals surface area contributed by atoms with Gasteiger partial charge in [0, 0.05) is 43.1 Å². The molecule has 0 unspecified atom stereocenters. The highest BCUT2D eigenvalue weighted by Crippen LogP contribution is 2.23. The topological polar surface area (TPSA) is 63.4 Å². The minimum atomic E-state index is -1.28. The largest absolute Gasteiger partial charge is 0.343 e. The molecule has 1 saturated heterocycles. The van der Waals surface area contributed by atoms with Crippen LogP contribution in [0.4, 0.5) is 17.6 Å². The molecule has 0 aliphatic carbocycles. The van der Waals surface area contributed by atoms with Gasteiger partial charge in [-0.05, 0) is 55.2 Å². The van der Waals surface area contributed by atoms with Crippen LogP contribution in [-0.2, 0) is 11.2 Å². The molecule has 1 atom stereocenters. The lowest BCUT2D eigenvalue weighted by Gasteiger charge is -2.32. The molecule has 2 aromatic carbocycles. The van der Waals surface area contributed by atoms with Crippen LogP contribution in [-0.4, -0.2) is 35.7 Å². The Morgan fingerprint density at radius 1 is 0.967 bits per heavy atom. The molecule has 1 aliphatic rings. The molecule has 2 aromatic rings. The Kier molecular flexibility index (Phi) is 6.87. The molecule has 0 saturated carbocycles. The van der Waals surface area contributed by atoms with Crippen LogP contribution in [0.25, 0.3) is 0 Å². The number of hydrogen-bond acceptors (Lipinski definition) is 3. The van der Waals surface area contributed by atoms with E-state index in [1.54, 1.807) is 4.90 Å². The van der Waals surface area contributed by atoms with E-state index in [4.69, 9.17) is 5.73 Å². The van der Waals surface area contributed by atoms with Crippen molar-refractivity contribution in [2.24, 2.45) is 11.7 Å². The third kappa shape index (κ3) is 5.24. The summed E-state index contributed by atoms with van der Waals surface area (Å²) in [4.78, 5) is 26.6. The molecule has 0 aromatic heterocycles. The van der Waals surface area contributed by atoms with E-state index in [0.29, 0.717) is 37.6 Å². The molecule has 8 heteroatoms. The van der Waals surface area contributed by atoms with Crippen molar-refractivity contribution in [2.75, 3.05) is 13.1 Å². The summed E-state index contributed by atoms with van der Waals surface area (Å²) in [6.45, 7) is 0.755. The van der Waals surface area contributed by atoms with Crippen LogP contribution in [0.1, 0.15) is 35.2 Å². The van der Waals surface area contributed by atoms with Crippen molar-refractivity contribution in [3.63, 3.8) is 0 Å². The van der Waals surface area contributed by atoms with E-state index >= 15 is 0 Å². The first kappa shape index (κ1) is 22.0. The van der Waals surface area contributed by atoms with Crippen LogP contribution in [0.5, 0.6) is 0 Å². The Bertz CT molecular complexity index is 925. The van der Waals surface area contributed by atoms with Crippen molar-refractivity contribution in [3.05, 3.63) is 70.8 Å². The standard InChI is InChI=1S/C22H22F4N2O2/c23-16-3-1-13(2-4-16)22(30)14-5-7-28(8-6-14)21(29)11-17(27)9-15-10-19(25)20(26)12-18(15)24/h1-4,10,12,14,17H,5-9,11,27H2/t17-/m1/s1. The van der Waals surface area contributed by atoms with Crippen molar-refractivity contribution in [3.8, 4) is 0 Å². The third-order valence-electron chi connectivity index (χ3n) is 5.36. The van der Waals surface area contributed by atoms with Gasteiger partial charge < -0.3 is 10.6 Å². The van der Waals surface area contributed by atoms with Gasteiger partial charge in [-0.2, -0.15) is 0 Å².